The fraction of sp³-hybridized carbons (Fsp3) is 0.933. The van der Waals surface area contributed by atoms with E-state index in [1.165, 1.54) is 44.9 Å². The van der Waals surface area contributed by atoms with Crippen LogP contribution in [-0.2, 0) is 0 Å². The van der Waals surface area contributed by atoms with Crippen LogP contribution in [0.25, 0.3) is 0 Å². The van der Waals surface area contributed by atoms with Gasteiger partial charge in [0.2, 0.25) is 0 Å². The fourth-order valence-electron chi connectivity index (χ4n) is 10.5. The third-order valence-corrected chi connectivity index (χ3v) is 13.2. The predicted octanol–water partition coefficient (Wildman–Crippen LogP) is 7.49. The van der Waals surface area contributed by atoms with E-state index in [9.17, 15) is 10.2 Å². The van der Waals surface area contributed by atoms with E-state index in [0.717, 1.165) is 18.8 Å². The van der Waals surface area contributed by atoms with E-state index in [1.54, 1.807) is 0 Å². The summed E-state index contributed by atoms with van der Waals surface area (Å²) < 4.78 is 0. The molecule has 0 amide bonds. The van der Waals surface area contributed by atoms with Gasteiger partial charge in [0.05, 0.1) is 0 Å². The summed E-state index contributed by atoms with van der Waals surface area (Å²) in [6, 6.07) is 0. The van der Waals surface area contributed by atoms with E-state index in [4.69, 9.17) is 0 Å². The molecule has 0 aromatic carbocycles. The van der Waals surface area contributed by atoms with Crippen molar-refractivity contribution < 1.29 is 10.2 Å². The van der Waals surface area contributed by atoms with Gasteiger partial charge in [0.15, 0.2) is 5.79 Å². The molecule has 0 aromatic heterocycles. The van der Waals surface area contributed by atoms with E-state index >= 15 is 0 Å². The normalized spacial score (nSPS) is 53.2. The lowest BCUT2D eigenvalue weighted by molar-refractivity contribution is -0.311. The summed E-state index contributed by atoms with van der Waals surface area (Å²) in [5.41, 5.74) is 3.11. The molecule has 2 nitrogen and oxygen atoms in total. The standard InChI is InChI=1S/C30H50O2/c1-24(2)13-14-26(5)15-17-28(7)20(21(26)19-24)9-10-23-27(6)16-18-30(31,32)25(3,4)22(27)11-12-29(23,28)8/h9,21-23,31-32H,10-19H2,1-8H3/t21-,22-,23+,26+,27-,28+,29+/m0/s1. The van der Waals surface area contributed by atoms with Gasteiger partial charge in [0.25, 0.3) is 0 Å². The Bertz CT molecular complexity index is 836. The lowest BCUT2D eigenvalue weighted by Gasteiger charge is -2.72. The maximum Gasteiger partial charge on any atom is 0.167 e. The lowest BCUT2D eigenvalue weighted by atomic mass is 9.33. The van der Waals surface area contributed by atoms with Crippen LogP contribution < -0.4 is 0 Å². The largest absolute Gasteiger partial charge is 0.365 e. The minimum Gasteiger partial charge on any atom is -0.365 e. The molecule has 0 bridgehead atoms. The molecular formula is C30H50O2. The van der Waals surface area contributed by atoms with Gasteiger partial charge in [-0.1, -0.05) is 67.0 Å². The van der Waals surface area contributed by atoms with Crippen LogP contribution in [0.5, 0.6) is 0 Å². The molecule has 0 aliphatic heterocycles. The molecule has 4 saturated carbocycles. The van der Waals surface area contributed by atoms with E-state index in [0.29, 0.717) is 39.9 Å². The average molecular weight is 443 g/mol. The Kier molecular flexibility index (Phi) is 4.72. The van der Waals surface area contributed by atoms with Crippen molar-refractivity contribution in [2.45, 2.75) is 125 Å². The zero-order valence-corrected chi connectivity index (χ0v) is 22.3. The van der Waals surface area contributed by atoms with Crippen molar-refractivity contribution in [2.24, 2.45) is 50.2 Å². The smallest absolute Gasteiger partial charge is 0.167 e. The predicted molar refractivity (Wildman–Crippen MR) is 132 cm³/mol. The lowest BCUT2D eigenvalue weighted by Crippen LogP contribution is -2.66. The number of allylic oxidation sites excluding steroid dienone is 2. The van der Waals surface area contributed by atoms with Gasteiger partial charge in [-0.05, 0) is 103 Å². The zero-order valence-electron chi connectivity index (χ0n) is 22.3. The second kappa shape index (κ2) is 6.45. The molecule has 2 heteroatoms. The molecule has 32 heavy (non-hydrogen) atoms. The molecule has 0 saturated heterocycles. The molecule has 5 aliphatic rings. The van der Waals surface area contributed by atoms with E-state index < -0.39 is 11.2 Å². The van der Waals surface area contributed by atoms with Gasteiger partial charge < -0.3 is 10.2 Å². The first-order chi connectivity index (χ1) is 14.5. The van der Waals surface area contributed by atoms with Crippen molar-refractivity contribution in [1.82, 2.24) is 0 Å². The Hall–Kier alpha value is -0.340. The highest BCUT2D eigenvalue weighted by atomic mass is 16.5. The van der Waals surface area contributed by atoms with Crippen molar-refractivity contribution >= 4 is 0 Å². The summed E-state index contributed by atoms with van der Waals surface area (Å²) in [5.74, 6) is 0.223. The summed E-state index contributed by atoms with van der Waals surface area (Å²) in [5, 5.41) is 21.8. The van der Waals surface area contributed by atoms with E-state index in [1.807, 2.05) is 5.57 Å². The first-order valence-electron chi connectivity index (χ1n) is 13.7. The Morgan fingerprint density at radius 3 is 2.09 bits per heavy atom. The van der Waals surface area contributed by atoms with Crippen LogP contribution in [0.2, 0.25) is 0 Å². The van der Waals surface area contributed by atoms with Gasteiger partial charge in [-0.3, -0.25) is 0 Å². The Morgan fingerprint density at radius 2 is 1.41 bits per heavy atom. The molecule has 4 fully saturated rings. The van der Waals surface area contributed by atoms with Crippen molar-refractivity contribution in [1.29, 1.82) is 0 Å². The van der Waals surface area contributed by atoms with Gasteiger partial charge in [-0.2, -0.15) is 0 Å². The van der Waals surface area contributed by atoms with Crippen LogP contribution in [0, 0.1) is 50.2 Å². The van der Waals surface area contributed by atoms with Crippen LogP contribution in [0.1, 0.15) is 120 Å². The summed E-state index contributed by atoms with van der Waals surface area (Å²) in [4.78, 5) is 0. The molecule has 5 rings (SSSR count). The average Bonchev–Trinajstić information content (AvgIpc) is 2.67. The van der Waals surface area contributed by atoms with Gasteiger partial charge in [0, 0.05) is 11.8 Å². The van der Waals surface area contributed by atoms with E-state index in [2.05, 4.69) is 61.5 Å². The fourth-order valence-corrected chi connectivity index (χ4v) is 10.5. The van der Waals surface area contributed by atoms with E-state index in [-0.39, 0.29) is 5.41 Å². The number of hydrogen-bond donors (Lipinski definition) is 2. The maximum absolute atomic E-state index is 10.9. The van der Waals surface area contributed by atoms with Gasteiger partial charge in [0.1, 0.15) is 0 Å². The van der Waals surface area contributed by atoms with Crippen molar-refractivity contribution in [3.05, 3.63) is 11.6 Å². The van der Waals surface area contributed by atoms with Crippen LogP contribution in [0.3, 0.4) is 0 Å². The summed E-state index contributed by atoms with van der Waals surface area (Å²) >= 11 is 0. The van der Waals surface area contributed by atoms with Gasteiger partial charge in [-0.25, -0.2) is 0 Å². The number of rotatable bonds is 0. The molecule has 2 N–H and O–H groups in total. The van der Waals surface area contributed by atoms with Gasteiger partial charge in [-0.15, -0.1) is 0 Å². The zero-order chi connectivity index (χ0) is 23.6. The molecule has 0 heterocycles. The second-order valence-corrected chi connectivity index (χ2v) is 15.4. The second-order valence-electron chi connectivity index (χ2n) is 15.4. The van der Waals surface area contributed by atoms with Crippen LogP contribution >= 0.6 is 0 Å². The minimum atomic E-state index is -1.54. The Balaban J connectivity index is 1.57. The van der Waals surface area contributed by atoms with Crippen molar-refractivity contribution in [3.63, 3.8) is 0 Å². The molecule has 7 atom stereocenters. The molecule has 182 valence electrons. The summed E-state index contributed by atoms with van der Waals surface area (Å²) in [7, 11) is 0. The Morgan fingerprint density at radius 1 is 0.750 bits per heavy atom. The third-order valence-electron chi connectivity index (χ3n) is 13.2. The summed E-state index contributed by atoms with van der Waals surface area (Å²) in [6.07, 6.45) is 14.6. The number of fused-ring (bicyclic) bond motifs is 7. The summed E-state index contributed by atoms with van der Waals surface area (Å²) in [6.45, 7) is 19.7. The highest BCUT2D eigenvalue weighted by Crippen LogP contribution is 2.76. The van der Waals surface area contributed by atoms with Crippen molar-refractivity contribution in [2.75, 3.05) is 0 Å². The number of hydrogen-bond acceptors (Lipinski definition) is 2. The number of aliphatic hydroxyl groups is 2. The molecule has 0 spiro atoms. The molecular weight excluding hydrogens is 392 g/mol. The first-order valence-corrected chi connectivity index (χ1v) is 13.7. The van der Waals surface area contributed by atoms with Gasteiger partial charge >= 0.3 is 0 Å². The maximum atomic E-state index is 10.9. The minimum absolute atomic E-state index is 0.184. The van der Waals surface area contributed by atoms with Crippen LogP contribution in [-0.4, -0.2) is 16.0 Å². The monoisotopic (exact) mass is 442 g/mol. The Labute approximate surface area is 197 Å². The topological polar surface area (TPSA) is 40.5 Å². The highest BCUT2D eigenvalue weighted by Gasteiger charge is 2.69. The molecule has 0 radical (unpaired) electrons. The molecule has 5 aliphatic carbocycles. The highest BCUT2D eigenvalue weighted by molar-refractivity contribution is 5.33. The first kappa shape index (κ1) is 23.4. The third kappa shape index (κ3) is 2.72. The molecule has 0 unspecified atom stereocenters. The quantitative estimate of drug-likeness (QED) is 0.301. The SMILES string of the molecule is CC1(C)CC[C@]2(C)CC[C@]3(C)C(=CC[C@@H]4[C@@]5(C)CCC(O)(O)C(C)(C)[C@@H]5CC[C@]43C)[C@@H]2C1. The van der Waals surface area contributed by atoms with Crippen LogP contribution in [0.4, 0.5) is 0 Å². The molecule has 0 aromatic rings. The van der Waals surface area contributed by atoms with Crippen LogP contribution in [0.15, 0.2) is 11.6 Å². The van der Waals surface area contributed by atoms with Crippen molar-refractivity contribution in [3.8, 4) is 0 Å².